The van der Waals surface area contributed by atoms with Crippen LogP contribution in [0.4, 0.5) is 0 Å². The van der Waals surface area contributed by atoms with E-state index in [1.54, 1.807) is 0 Å². The lowest BCUT2D eigenvalue weighted by Gasteiger charge is -2.25. The first-order chi connectivity index (χ1) is 9.43. The highest BCUT2D eigenvalue weighted by atomic mass is 16.3. The number of nitrogens with zero attached hydrogens (tertiary/aromatic N) is 1. The molecule has 1 aliphatic heterocycles. The monoisotopic (exact) mass is 282 g/mol. The van der Waals surface area contributed by atoms with Crippen LogP contribution in [0.25, 0.3) is 0 Å². The molecule has 1 saturated heterocycles. The normalized spacial score (nSPS) is 24.4. The van der Waals surface area contributed by atoms with Crippen molar-refractivity contribution < 1.29 is 14.7 Å². The average molecular weight is 282 g/mol. The Morgan fingerprint density at radius 1 is 1.40 bits per heavy atom. The number of likely N-dealkylation sites (tertiary alicyclic amines) is 1. The van der Waals surface area contributed by atoms with Gasteiger partial charge in [0.05, 0.1) is 5.92 Å². The molecule has 1 unspecified atom stereocenters. The molecule has 5 nitrogen and oxygen atoms in total. The molecule has 2 N–H and O–H groups in total. The molecule has 0 bridgehead atoms. The largest absolute Gasteiger partial charge is 0.396 e. The van der Waals surface area contributed by atoms with Gasteiger partial charge in [0, 0.05) is 37.6 Å². The second kappa shape index (κ2) is 6.12. The third kappa shape index (κ3) is 3.51. The van der Waals surface area contributed by atoms with Gasteiger partial charge in [-0.1, -0.05) is 26.7 Å². The summed E-state index contributed by atoms with van der Waals surface area (Å²) in [5.74, 6) is -0.156. The molecule has 1 aliphatic carbocycles. The summed E-state index contributed by atoms with van der Waals surface area (Å²) in [5.41, 5.74) is -0.316. The van der Waals surface area contributed by atoms with Gasteiger partial charge in [-0.15, -0.1) is 0 Å². The minimum atomic E-state index is -0.316. The molecule has 2 fully saturated rings. The van der Waals surface area contributed by atoms with Gasteiger partial charge in [-0.2, -0.15) is 0 Å². The highest BCUT2D eigenvalue weighted by molar-refractivity contribution is 5.89. The first-order valence-corrected chi connectivity index (χ1v) is 7.61. The van der Waals surface area contributed by atoms with E-state index in [1.165, 1.54) is 12.8 Å². The Bertz CT molecular complexity index is 375. The van der Waals surface area contributed by atoms with Crippen LogP contribution in [0.2, 0.25) is 0 Å². The van der Waals surface area contributed by atoms with Gasteiger partial charge in [-0.05, 0) is 12.8 Å². The number of aliphatic hydroxyl groups excluding tert-OH is 1. The predicted octanol–water partition coefficient (Wildman–Crippen LogP) is 0.912. The maximum Gasteiger partial charge on any atom is 0.225 e. The lowest BCUT2D eigenvalue weighted by atomic mass is 9.94. The van der Waals surface area contributed by atoms with Gasteiger partial charge in [-0.3, -0.25) is 9.59 Å². The first kappa shape index (κ1) is 15.3. The maximum atomic E-state index is 12.1. The third-order valence-corrected chi connectivity index (χ3v) is 4.46. The second-order valence-electron chi connectivity index (χ2n) is 6.93. The van der Waals surface area contributed by atoms with Crippen LogP contribution < -0.4 is 5.32 Å². The number of amides is 2. The number of aliphatic hydroxyl groups is 1. The molecule has 0 aromatic heterocycles. The van der Waals surface area contributed by atoms with Crippen LogP contribution in [-0.4, -0.2) is 47.6 Å². The zero-order valence-electron chi connectivity index (χ0n) is 12.5. The van der Waals surface area contributed by atoms with Gasteiger partial charge in [-0.25, -0.2) is 0 Å². The summed E-state index contributed by atoms with van der Waals surface area (Å²) in [6.45, 7) is 4.84. The lowest BCUT2D eigenvalue weighted by Crippen LogP contribution is -2.40. The number of hydrogen-bond donors (Lipinski definition) is 2. The molecule has 1 saturated carbocycles. The maximum absolute atomic E-state index is 12.1. The SMILES string of the molecule is CC(C)(CO)CNC(=O)C1CC(=O)N(C2CCCC2)C1. The smallest absolute Gasteiger partial charge is 0.225 e. The van der Waals surface area contributed by atoms with Crippen LogP contribution >= 0.6 is 0 Å². The molecule has 5 heteroatoms. The summed E-state index contributed by atoms with van der Waals surface area (Å²) in [6, 6.07) is 0.356. The Morgan fingerprint density at radius 3 is 2.65 bits per heavy atom. The highest BCUT2D eigenvalue weighted by Crippen LogP contribution is 2.29. The molecular weight excluding hydrogens is 256 g/mol. The van der Waals surface area contributed by atoms with E-state index in [0.29, 0.717) is 25.6 Å². The number of carbonyl (C=O) groups excluding carboxylic acids is 2. The van der Waals surface area contributed by atoms with Crippen LogP contribution in [-0.2, 0) is 9.59 Å². The van der Waals surface area contributed by atoms with Crippen molar-refractivity contribution >= 4 is 11.8 Å². The molecule has 1 atom stereocenters. The summed E-state index contributed by atoms with van der Waals surface area (Å²) < 4.78 is 0. The third-order valence-electron chi connectivity index (χ3n) is 4.46. The van der Waals surface area contributed by atoms with Gasteiger partial charge < -0.3 is 15.3 Å². The van der Waals surface area contributed by atoms with Crippen molar-refractivity contribution in [3.8, 4) is 0 Å². The van der Waals surface area contributed by atoms with E-state index in [4.69, 9.17) is 0 Å². The van der Waals surface area contributed by atoms with Crippen molar-refractivity contribution in [3.05, 3.63) is 0 Å². The fraction of sp³-hybridized carbons (Fsp3) is 0.867. The number of rotatable bonds is 5. The second-order valence-corrected chi connectivity index (χ2v) is 6.93. The number of nitrogens with one attached hydrogen (secondary N) is 1. The molecule has 2 rings (SSSR count). The lowest BCUT2D eigenvalue weighted by molar-refractivity contribution is -0.130. The highest BCUT2D eigenvalue weighted by Gasteiger charge is 2.38. The van der Waals surface area contributed by atoms with Crippen molar-refractivity contribution in [1.82, 2.24) is 10.2 Å². The zero-order valence-corrected chi connectivity index (χ0v) is 12.5. The Hall–Kier alpha value is -1.10. The fourth-order valence-corrected chi connectivity index (χ4v) is 3.00. The van der Waals surface area contributed by atoms with Crippen molar-refractivity contribution in [2.75, 3.05) is 19.7 Å². The minimum absolute atomic E-state index is 0.0328. The molecule has 0 aromatic rings. The predicted molar refractivity (Wildman–Crippen MR) is 76.0 cm³/mol. The molecule has 114 valence electrons. The number of hydrogen-bond acceptors (Lipinski definition) is 3. The van der Waals surface area contributed by atoms with E-state index in [0.717, 1.165) is 12.8 Å². The summed E-state index contributed by atoms with van der Waals surface area (Å²) in [4.78, 5) is 26.1. The van der Waals surface area contributed by atoms with Crippen LogP contribution in [0.5, 0.6) is 0 Å². The molecule has 2 amide bonds. The zero-order chi connectivity index (χ0) is 14.8. The molecule has 1 heterocycles. The summed E-state index contributed by atoms with van der Waals surface area (Å²) in [7, 11) is 0. The average Bonchev–Trinajstić information content (AvgIpc) is 3.05. The van der Waals surface area contributed by atoms with E-state index < -0.39 is 0 Å². The van der Waals surface area contributed by atoms with Gasteiger partial charge in [0.15, 0.2) is 0 Å². The van der Waals surface area contributed by atoms with E-state index in [9.17, 15) is 14.7 Å². The van der Waals surface area contributed by atoms with Crippen molar-refractivity contribution in [2.45, 2.75) is 52.0 Å². The Balaban J connectivity index is 1.84. The van der Waals surface area contributed by atoms with Crippen molar-refractivity contribution in [3.63, 3.8) is 0 Å². The number of carbonyl (C=O) groups is 2. The van der Waals surface area contributed by atoms with Crippen molar-refractivity contribution in [2.24, 2.45) is 11.3 Å². The van der Waals surface area contributed by atoms with Crippen LogP contribution in [0.1, 0.15) is 46.0 Å². The first-order valence-electron chi connectivity index (χ1n) is 7.61. The molecule has 0 aromatic carbocycles. The van der Waals surface area contributed by atoms with Crippen LogP contribution in [0, 0.1) is 11.3 Å². The van der Waals surface area contributed by atoms with E-state index >= 15 is 0 Å². The van der Waals surface area contributed by atoms with E-state index in [2.05, 4.69) is 5.32 Å². The van der Waals surface area contributed by atoms with Crippen molar-refractivity contribution in [1.29, 1.82) is 0 Å². The Kier molecular flexibility index (Phi) is 4.68. The molecular formula is C15H26N2O3. The fourth-order valence-electron chi connectivity index (χ4n) is 3.00. The van der Waals surface area contributed by atoms with E-state index in [-0.39, 0.29) is 29.8 Å². The summed E-state index contributed by atoms with van der Waals surface area (Å²) in [5, 5.41) is 12.1. The Morgan fingerprint density at radius 2 is 2.05 bits per heavy atom. The molecule has 0 spiro atoms. The van der Waals surface area contributed by atoms with Gasteiger partial charge in [0.25, 0.3) is 0 Å². The quantitative estimate of drug-likeness (QED) is 0.787. The minimum Gasteiger partial charge on any atom is -0.396 e. The summed E-state index contributed by atoms with van der Waals surface area (Å²) in [6.07, 6.45) is 4.88. The van der Waals surface area contributed by atoms with E-state index in [1.807, 2.05) is 18.7 Å². The molecule has 2 aliphatic rings. The Labute approximate surface area is 120 Å². The van der Waals surface area contributed by atoms with Crippen LogP contribution in [0.3, 0.4) is 0 Å². The topological polar surface area (TPSA) is 69.6 Å². The van der Waals surface area contributed by atoms with Gasteiger partial charge >= 0.3 is 0 Å². The molecule has 20 heavy (non-hydrogen) atoms. The standard InChI is InChI=1S/C15H26N2O3/c1-15(2,10-18)9-16-14(20)11-7-13(19)17(8-11)12-5-3-4-6-12/h11-12,18H,3-10H2,1-2H3,(H,16,20). The van der Waals surface area contributed by atoms with Gasteiger partial charge in [0.1, 0.15) is 0 Å². The molecule has 0 radical (unpaired) electrons. The van der Waals surface area contributed by atoms with Gasteiger partial charge in [0.2, 0.25) is 11.8 Å². The van der Waals surface area contributed by atoms with Crippen LogP contribution in [0.15, 0.2) is 0 Å². The summed E-state index contributed by atoms with van der Waals surface area (Å²) >= 11 is 0.